The lowest BCUT2D eigenvalue weighted by atomic mass is 9.78. The molecule has 0 spiro atoms. The van der Waals surface area contributed by atoms with Crippen LogP contribution in [0.2, 0.25) is 0 Å². The van der Waals surface area contributed by atoms with E-state index in [4.69, 9.17) is 0 Å². The summed E-state index contributed by atoms with van der Waals surface area (Å²) in [6.07, 6.45) is 1.89. The van der Waals surface area contributed by atoms with Crippen LogP contribution in [0.5, 0.6) is 0 Å². The van der Waals surface area contributed by atoms with Crippen LogP contribution in [0.25, 0.3) is 0 Å². The van der Waals surface area contributed by atoms with Gasteiger partial charge in [0.25, 0.3) is 0 Å². The zero-order valence-corrected chi connectivity index (χ0v) is 10.8. The van der Waals surface area contributed by atoms with E-state index in [0.717, 1.165) is 3.70 Å². The number of halogens is 1. The number of nitrogens with zero attached hydrogens (tertiary/aromatic N) is 1. The highest BCUT2D eigenvalue weighted by atomic mass is 127. The fraction of sp³-hybridized carbons (Fsp3) is 0.545. The zero-order chi connectivity index (χ0) is 10.1. The summed E-state index contributed by atoms with van der Waals surface area (Å²) in [4.78, 5) is 4.19. The average molecular weight is 289 g/mol. The van der Waals surface area contributed by atoms with Crippen molar-refractivity contribution in [2.45, 2.75) is 33.6 Å². The summed E-state index contributed by atoms with van der Waals surface area (Å²) >= 11 is 2.26. The monoisotopic (exact) mass is 289 g/mol. The summed E-state index contributed by atoms with van der Waals surface area (Å²) in [5, 5.41) is 0. The number of pyridine rings is 1. The Morgan fingerprint density at radius 3 is 2.46 bits per heavy atom. The van der Waals surface area contributed by atoms with Crippen LogP contribution >= 0.6 is 22.6 Å². The Balaban J connectivity index is 2.96. The van der Waals surface area contributed by atoms with Crippen LogP contribution in [0.3, 0.4) is 0 Å². The van der Waals surface area contributed by atoms with Crippen LogP contribution in [0.1, 0.15) is 39.2 Å². The lowest BCUT2D eigenvalue weighted by molar-refractivity contribution is 0.339. The van der Waals surface area contributed by atoms with E-state index in [9.17, 15) is 0 Å². The minimum absolute atomic E-state index is 0.324. The predicted octanol–water partition coefficient (Wildman–Crippen LogP) is 3.84. The van der Waals surface area contributed by atoms with Gasteiger partial charge in [-0.2, -0.15) is 0 Å². The van der Waals surface area contributed by atoms with Crippen LogP contribution in [0, 0.1) is 9.12 Å². The molecule has 0 aliphatic rings. The summed E-state index contributed by atoms with van der Waals surface area (Å²) in [6.45, 7) is 9.08. The van der Waals surface area contributed by atoms with Crippen LogP contribution in [0.15, 0.2) is 18.3 Å². The third kappa shape index (κ3) is 2.93. The molecule has 0 saturated heterocycles. The Morgan fingerprint density at radius 2 is 2.00 bits per heavy atom. The van der Waals surface area contributed by atoms with Crippen molar-refractivity contribution in [3.63, 3.8) is 0 Å². The molecule has 72 valence electrons. The summed E-state index contributed by atoms with van der Waals surface area (Å²) in [5.74, 6) is 0.573. The van der Waals surface area contributed by atoms with Gasteiger partial charge in [0.1, 0.15) is 3.70 Å². The van der Waals surface area contributed by atoms with Gasteiger partial charge in [0, 0.05) is 6.20 Å². The van der Waals surface area contributed by atoms with E-state index in [0.29, 0.717) is 11.3 Å². The van der Waals surface area contributed by atoms with Gasteiger partial charge in [0.15, 0.2) is 0 Å². The minimum atomic E-state index is 0.324. The molecule has 0 fully saturated rings. The molecule has 1 nitrogen and oxygen atoms in total. The van der Waals surface area contributed by atoms with Crippen LogP contribution in [-0.4, -0.2) is 4.98 Å². The molecule has 0 bridgehead atoms. The molecule has 1 rings (SSSR count). The lowest BCUT2D eigenvalue weighted by Gasteiger charge is -2.27. The molecule has 0 saturated carbocycles. The van der Waals surface area contributed by atoms with Crippen molar-refractivity contribution in [2.24, 2.45) is 5.41 Å². The standard InChI is InChI=1S/C11H16IN/c1-8(11(2,3)4)9-5-6-13-10(12)7-9/h5-8H,1-4H3. The van der Waals surface area contributed by atoms with E-state index in [2.05, 4.69) is 67.4 Å². The third-order valence-electron chi connectivity index (χ3n) is 2.55. The van der Waals surface area contributed by atoms with E-state index in [1.807, 2.05) is 6.20 Å². The van der Waals surface area contributed by atoms with Gasteiger partial charge in [-0.05, 0) is 51.6 Å². The van der Waals surface area contributed by atoms with Gasteiger partial charge in [-0.1, -0.05) is 27.7 Å². The Bertz CT molecular complexity index is 288. The second-order valence-electron chi connectivity index (χ2n) is 4.50. The molecule has 0 aromatic carbocycles. The molecule has 0 radical (unpaired) electrons. The van der Waals surface area contributed by atoms with Gasteiger partial charge in [-0.25, -0.2) is 0 Å². The van der Waals surface area contributed by atoms with E-state index in [1.54, 1.807) is 0 Å². The molecule has 0 amide bonds. The van der Waals surface area contributed by atoms with Crippen molar-refractivity contribution in [3.8, 4) is 0 Å². The molecule has 13 heavy (non-hydrogen) atoms. The van der Waals surface area contributed by atoms with Crippen molar-refractivity contribution < 1.29 is 0 Å². The highest BCUT2D eigenvalue weighted by Crippen LogP contribution is 2.34. The topological polar surface area (TPSA) is 12.9 Å². The smallest absolute Gasteiger partial charge is 0.101 e. The normalized spacial score (nSPS) is 14.2. The summed E-state index contributed by atoms with van der Waals surface area (Å²) in [5.41, 5.74) is 1.71. The van der Waals surface area contributed by atoms with Crippen molar-refractivity contribution >= 4 is 22.6 Å². The van der Waals surface area contributed by atoms with Crippen LogP contribution < -0.4 is 0 Å². The van der Waals surface area contributed by atoms with Crippen molar-refractivity contribution in [1.82, 2.24) is 4.98 Å². The first-order valence-electron chi connectivity index (χ1n) is 4.52. The largest absolute Gasteiger partial charge is 0.250 e. The van der Waals surface area contributed by atoms with Crippen molar-refractivity contribution in [1.29, 1.82) is 0 Å². The van der Waals surface area contributed by atoms with Gasteiger partial charge in [-0.15, -0.1) is 0 Å². The van der Waals surface area contributed by atoms with Gasteiger partial charge < -0.3 is 0 Å². The van der Waals surface area contributed by atoms with Gasteiger partial charge in [-0.3, -0.25) is 4.98 Å². The molecule has 1 unspecified atom stereocenters. The Labute approximate surface area is 94.1 Å². The quantitative estimate of drug-likeness (QED) is 0.565. The van der Waals surface area contributed by atoms with Gasteiger partial charge in [0.05, 0.1) is 0 Å². The molecule has 0 aliphatic carbocycles. The first-order valence-corrected chi connectivity index (χ1v) is 5.60. The number of hydrogen-bond donors (Lipinski definition) is 0. The van der Waals surface area contributed by atoms with Gasteiger partial charge >= 0.3 is 0 Å². The van der Waals surface area contributed by atoms with E-state index in [1.165, 1.54) is 5.56 Å². The first kappa shape index (κ1) is 11.0. The molecule has 0 N–H and O–H groups in total. The second kappa shape index (κ2) is 3.95. The summed E-state index contributed by atoms with van der Waals surface area (Å²) in [7, 11) is 0. The molecular weight excluding hydrogens is 273 g/mol. The Hall–Kier alpha value is -0.120. The SMILES string of the molecule is CC(c1ccnc(I)c1)C(C)(C)C. The van der Waals surface area contributed by atoms with Gasteiger partial charge in [0.2, 0.25) is 0 Å². The number of hydrogen-bond acceptors (Lipinski definition) is 1. The van der Waals surface area contributed by atoms with Crippen LogP contribution in [-0.2, 0) is 0 Å². The Morgan fingerprint density at radius 1 is 1.38 bits per heavy atom. The van der Waals surface area contributed by atoms with Crippen molar-refractivity contribution in [3.05, 3.63) is 27.6 Å². The molecule has 1 atom stereocenters. The molecular formula is C11H16IN. The first-order chi connectivity index (χ1) is 5.91. The predicted molar refractivity (Wildman–Crippen MR) is 64.8 cm³/mol. The highest BCUT2D eigenvalue weighted by molar-refractivity contribution is 14.1. The fourth-order valence-corrected chi connectivity index (χ4v) is 1.71. The maximum atomic E-state index is 4.19. The molecule has 1 aromatic heterocycles. The van der Waals surface area contributed by atoms with E-state index >= 15 is 0 Å². The second-order valence-corrected chi connectivity index (χ2v) is 5.60. The third-order valence-corrected chi connectivity index (χ3v) is 3.14. The number of rotatable bonds is 1. The van der Waals surface area contributed by atoms with E-state index < -0.39 is 0 Å². The number of aromatic nitrogens is 1. The molecule has 2 heteroatoms. The highest BCUT2D eigenvalue weighted by Gasteiger charge is 2.21. The maximum Gasteiger partial charge on any atom is 0.101 e. The maximum absolute atomic E-state index is 4.19. The molecule has 1 aromatic rings. The lowest BCUT2D eigenvalue weighted by Crippen LogP contribution is -2.15. The molecule has 0 aliphatic heterocycles. The van der Waals surface area contributed by atoms with E-state index in [-0.39, 0.29) is 0 Å². The summed E-state index contributed by atoms with van der Waals surface area (Å²) < 4.78 is 1.08. The molecule has 1 heterocycles. The minimum Gasteiger partial charge on any atom is -0.250 e. The summed E-state index contributed by atoms with van der Waals surface area (Å²) in [6, 6.07) is 4.27. The Kier molecular flexibility index (Phi) is 3.33. The average Bonchev–Trinajstić information content (AvgIpc) is 2.01. The van der Waals surface area contributed by atoms with Crippen LogP contribution in [0.4, 0.5) is 0 Å². The van der Waals surface area contributed by atoms with Crippen molar-refractivity contribution in [2.75, 3.05) is 0 Å². The zero-order valence-electron chi connectivity index (χ0n) is 8.63. The fourth-order valence-electron chi connectivity index (χ4n) is 1.19.